The third kappa shape index (κ3) is 3.23. The zero-order valence-corrected chi connectivity index (χ0v) is 15.9. The summed E-state index contributed by atoms with van der Waals surface area (Å²) in [7, 11) is 0. The molecule has 0 spiro atoms. The molecule has 0 unspecified atom stereocenters. The molecular weight excluding hydrogens is 359 g/mol. The van der Waals surface area contributed by atoms with Gasteiger partial charge >= 0.3 is 0 Å². The number of nitrogens with zero attached hydrogens (tertiary/aromatic N) is 1. The van der Waals surface area contributed by atoms with Crippen LogP contribution in [-0.2, 0) is 9.59 Å². The highest BCUT2D eigenvalue weighted by Crippen LogP contribution is 2.65. The monoisotopic (exact) mass is 382 g/mol. The summed E-state index contributed by atoms with van der Waals surface area (Å²) in [6, 6.07) is 13.5. The molecule has 1 aliphatic carbocycles. The Morgan fingerprint density at radius 1 is 1.25 bits per heavy atom. The van der Waals surface area contributed by atoms with E-state index in [0.29, 0.717) is 12.2 Å². The minimum absolute atomic E-state index is 0.00656. The highest BCUT2D eigenvalue weighted by molar-refractivity contribution is 6.07. The number of hydrogen-bond donors (Lipinski definition) is 1. The lowest BCUT2D eigenvalue weighted by molar-refractivity contribution is -0.128. The van der Waals surface area contributed by atoms with E-state index in [4.69, 9.17) is 4.74 Å². The molecule has 1 saturated carbocycles. The Kier molecular flexibility index (Phi) is 4.57. The van der Waals surface area contributed by atoms with E-state index in [1.807, 2.05) is 38.1 Å². The first kappa shape index (κ1) is 18.5. The molecule has 0 aromatic heterocycles. The number of anilines is 1. The molecule has 2 aromatic carbocycles. The van der Waals surface area contributed by atoms with E-state index >= 15 is 0 Å². The van der Waals surface area contributed by atoms with Crippen molar-refractivity contribution >= 4 is 17.5 Å². The van der Waals surface area contributed by atoms with Gasteiger partial charge in [-0.05, 0) is 56.2 Å². The fraction of sp³-hybridized carbons (Fsp3) is 0.364. The van der Waals surface area contributed by atoms with Crippen LogP contribution in [0.25, 0.3) is 0 Å². The van der Waals surface area contributed by atoms with Crippen LogP contribution in [0.15, 0.2) is 48.5 Å². The summed E-state index contributed by atoms with van der Waals surface area (Å²) < 4.78 is 18.9. The maximum absolute atomic E-state index is 13.4. The van der Waals surface area contributed by atoms with Crippen LogP contribution in [0.5, 0.6) is 5.75 Å². The number of amides is 2. The van der Waals surface area contributed by atoms with Gasteiger partial charge in [0.15, 0.2) is 0 Å². The van der Waals surface area contributed by atoms with Gasteiger partial charge in [-0.15, -0.1) is 0 Å². The lowest BCUT2D eigenvalue weighted by Gasteiger charge is -2.33. The zero-order valence-electron chi connectivity index (χ0n) is 15.9. The number of carbonyl (C=O) groups is 2. The Morgan fingerprint density at radius 3 is 2.68 bits per heavy atom. The molecule has 1 heterocycles. The summed E-state index contributed by atoms with van der Waals surface area (Å²) in [5, 5.41) is 2.85. The van der Waals surface area contributed by atoms with Gasteiger partial charge in [-0.2, -0.15) is 0 Å². The molecule has 2 aliphatic rings. The van der Waals surface area contributed by atoms with Crippen molar-refractivity contribution in [3.8, 4) is 5.75 Å². The van der Waals surface area contributed by atoms with Crippen LogP contribution in [0.4, 0.5) is 10.1 Å². The molecule has 1 aliphatic heterocycles. The van der Waals surface area contributed by atoms with Crippen LogP contribution in [-0.4, -0.2) is 31.0 Å². The minimum atomic E-state index is -0.666. The largest absolute Gasteiger partial charge is 0.492 e. The first-order chi connectivity index (χ1) is 13.4. The van der Waals surface area contributed by atoms with Crippen LogP contribution in [0.2, 0.25) is 0 Å². The van der Waals surface area contributed by atoms with E-state index in [-0.39, 0.29) is 42.7 Å². The topological polar surface area (TPSA) is 58.6 Å². The van der Waals surface area contributed by atoms with Crippen molar-refractivity contribution in [2.45, 2.75) is 32.2 Å². The summed E-state index contributed by atoms with van der Waals surface area (Å²) in [6.07, 6.45) is 0.687. The predicted octanol–water partition coefficient (Wildman–Crippen LogP) is 3.25. The van der Waals surface area contributed by atoms with Gasteiger partial charge < -0.3 is 15.0 Å². The number of para-hydroxylation sites is 1. The molecule has 2 aromatic rings. The molecule has 1 N–H and O–H groups in total. The van der Waals surface area contributed by atoms with E-state index in [0.717, 1.165) is 11.3 Å². The number of fused-ring (bicyclic) bond motifs is 3. The average molecular weight is 382 g/mol. The van der Waals surface area contributed by atoms with E-state index in [9.17, 15) is 14.0 Å². The fourth-order valence-corrected chi connectivity index (χ4v) is 3.99. The van der Waals surface area contributed by atoms with Gasteiger partial charge in [0.05, 0.1) is 5.41 Å². The first-order valence-electron chi connectivity index (χ1n) is 9.49. The van der Waals surface area contributed by atoms with Gasteiger partial charge in [0, 0.05) is 17.6 Å². The van der Waals surface area contributed by atoms with E-state index < -0.39 is 5.41 Å². The molecule has 2 atom stereocenters. The first-order valence-corrected chi connectivity index (χ1v) is 9.49. The Bertz CT molecular complexity index is 912. The van der Waals surface area contributed by atoms with Crippen molar-refractivity contribution in [1.29, 1.82) is 0 Å². The van der Waals surface area contributed by atoms with Crippen LogP contribution >= 0.6 is 0 Å². The maximum Gasteiger partial charge on any atom is 0.240 e. The molecule has 0 bridgehead atoms. The molecule has 28 heavy (non-hydrogen) atoms. The van der Waals surface area contributed by atoms with Crippen LogP contribution in [0.1, 0.15) is 31.7 Å². The van der Waals surface area contributed by atoms with Crippen molar-refractivity contribution < 1.29 is 18.7 Å². The summed E-state index contributed by atoms with van der Waals surface area (Å²) in [4.78, 5) is 27.3. The normalized spacial score (nSPS) is 22.5. The van der Waals surface area contributed by atoms with E-state index in [2.05, 4.69) is 5.32 Å². The Hall–Kier alpha value is -2.89. The van der Waals surface area contributed by atoms with Crippen molar-refractivity contribution in [2.75, 3.05) is 18.1 Å². The SMILES string of the molecule is CC(C)NC(=O)CN1C(=O)[C@@]2(COc3ccc(F)cc3)C[C@H]2c2ccccc21. The predicted molar refractivity (Wildman–Crippen MR) is 104 cm³/mol. The number of halogens is 1. The van der Waals surface area contributed by atoms with Crippen molar-refractivity contribution in [2.24, 2.45) is 5.41 Å². The van der Waals surface area contributed by atoms with E-state index in [1.54, 1.807) is 17.0 Å². The molecule has 5 nitrogen and oxygen atoms in total. The Labute approximate surface area is 163 Å². The standard InChI is InChI=1S/C22H23FN2O3/c1-14(2)24-20(26)12-25-19-6-4-3-5-17(19)18-11-22(18,21(25)27)13-28-16-9-7-15(23)8-10-16/h3-10,14,18H,11-13H2,1-2H3,(H,24,26)/t18-,22+/m0/s1. The quantitative estimate of drug-likeness (QED) is 0.834. The third-order valence-electron chi connectivity index (χ3n) is 5.41. The van der Waals surface area contributed by atoms with Crippen LogP contribution in [0.3, 0.4) is 0 Å². The lowest BCUT2D eigenvalue weighted by Crippen LogP contribution is -2.49. The molecule has 1 fully saturated rings. The number of ether oxygens (including phenoxy) is 1. The number of carbonyl (C=O) groups excluding carboxylic acids is 2. The number of hydrogen-bond acceptors (Lipinski definition) is 3. The van der Waals surface area contributed by atoms with Crippen LogP contribution < -0.4 is 15.0 Å². The third-order valence-corrected chi connectivity index (χ3v) is 5.41. The molecule has 146 valence electrons. The molecule has 6 heteroatoms. The summed E-state index contributed by atoms with van der Waals surface area (Å²) in [5.74, 6) is 0.00198. The van der Waals surface area contributed by atoms with Gasteiger partial charge in [-0.25, -0.2) is 4.39 Å². The van der Waals surface area contributed by atoms with Gasteiger partial charge in [0.2, 0.25) is 11.8 Å². The second kappa shape index (κ2) is 6.93. The van der Waals surface area contributed by atoms with Crippen molar-refractivity contribution in [3.05, 3.63) is 59.9 Å². The molecule has 0 radical (unpaired) electrons. The summed E-state index contributed by atoms with van der Waals surface area (Å²) in [5.41, 5.74) is 1.20. The Balaban J connectivity index is 1.58. The number of nitrogens with one attached hydrogen (secondary N) is 1. The highest BCUT2D eigenvalue weighted by atomic mass is 19.1. The van der Waals surface area contributed by atoms with Crippen LogP contribution in [0, 0.1) is 11.2 Å². The second-order valence-electron chi connectivity index (χ2n) is 7.83. The second-order valence-corrected chi connectivity index (χ2v) is 7.83. The van der Waals surface area contributed by atoms with Crippen molar-refractivity contribution in [3.63, 3.8) is 0 Å². The molecule has 2 amide bonds. The molecule has 0 saturated heterocycles. The zero-order chi connectivity index (χ0) is 19.9. The average Bonchev–Trinajstić information content (AvgIpc) is 3.41. The molecule has 4 rings (SSSR count). The van der Waals surface area contributed by atoms with Gasteiger partial charge in [-0.3, -0.25) is 9.59 Å². The van der Waals surface area contributed by atoms with Gasteiger partial charge in [0.25, 0.3) is 0 Å². The number of rotatable bonds is 6. The summed E-state index contributed by atoms with van der Waals surface area (Å²) >= 11 is 0. The molecular formula is C22H23FN2O3. The van der Waals surface area contributed by atoms with Gasteiger partial charge in [0.1, 0.15) is 24.7 Å². The Morgan fingerprint density at radius 2 is 1.96 bits per heavy atom. The minimum Gasteiger partial charge on any atom is -0.492 e. The maximum atomic E-state index is 13.4. The summed E-state index contributed by atoms with van der Waals surface area (Å²) in [6.45, 7) is 3.97. The lowest BCUT2D eigenvalue weighted by atomic mass is 9.92. The van der Waals surface area contributed by atoms with Gasteiger partial charge in [-0.1, -0.05) is 18.2 Å². The fourth-order valence-electron chi connectivity index (χ4n) is 3.99. The van der Waals surface area contributed by atoms with E-state index in [1.165, 1.54) is 12.1 Å². The number of benzene rings is 2. The highest BCUT2D eigenvalue weighted by Gasteiger charge is 2.66. The van der Waals surface area contributed by atoms with Crippen molar-refractivity contribution in [1.82, 2.24) is 5.32 Å². The smallest absolute Gasteiger partial charge is 0.240 e.